The quantitative estimate of drug-likeness (QED) is 0.0340. The van der Waals surface area contributed by atoms with Crippen molar-refractivity contribution in [3.63, 3.8) is 0 Å². The Morgan fingerprint density at radius 2 is 0.407 bits per heavy atom. The molecule has 0 unspecified atom stereocenters. The van der Waals surface area contributed by atoms with Gasteiger partial charge < -0.3 is 37.9 Å². The Kier molecular flexibility index (Phi) is 24.8. The van der Waals surface area contributed by atoms with Gasteiger partial charge in [-0.25, -0.2) is 19.2 Å². The predicted molar refractivity (Wildman–Crippen MR) is 423 cm³/mol. The van der Waals surface area contributed by atoms with Crippen LogP contribution >= 0.6 is 0 Å². The summed E-state index contributed by atoms with van der Waals surface area (Å²) >= 11 is 0. The van der Waals surface area contributed by atoms with Crippen LogP contribution in [0.1, 0.15) is 184 Å². The van der Waals surface area contributed by atoms with Gasteiger partial charge in [-0.3, -0.25) is 0 Å². The zero-order valence-corrected chi connectivity index (χ0v) is 61.6. The molecule has 0 heterocycles. The topological polar surface area (TPSA) is 142 Å². The van der Waals surface area contributed by atoms with E-state index in [1.54, 1.807) is 48.5 Å². The molecule has 1 aliphatic carbocycles. The zero-order chi connectivity index (χ0) is 74.6. The number of hydrogen-bond acceptors (Lipinski definition) is 12. The molecule has 0 saturated heterocycles. The lowest BCUT2D eigenvalue weighted by atomic mass is 9.86. The smallest absolute Gasteiger partial charge is 0.343 e. The molecule has 108 heavy (non-hydrogen) atoms. The second-order valence-electron chi connectivity index (χ2n) is 27.4. The van der Waals surface area contributed by atoms with Crippen molar-refractivity contribution in [2.24, 2.45) is 0 Å². The van der Waals surface area contributed by atoms with Crippen molar-refractivity contribution in [2.75, 3.05) is 26.4 Å². The second kappa shape index (κ2) is 36.1. The normalized spacial score (nSPS) is 11.6. The van der Waals surface area contributed by atoms with Crippen LogP contribution in [-0.2, 0) is 51.4 Å². The van der Waals surface area contributed by atoms with Crippen LogP contribution in [0, 0.1) is 0 Å². The molecular formula is C96H88O12. The van der Waals surface area contributed by atoms with Gasteiger partial charge in [0, 0.05) is 25.7 Å². The minimum absolute atomic E-state index is 0.428. The monoisotopic (exact) mass is 1430 g/mol. The second-order valence-corrected chi connectivity index (χ2v) is 27.4. The van der Waals surface area contributed by atoms with Crippen molar-refractivity contribution in [1.82, 2.24) is 0 Å². The molecule has 12 nitrogen and oxygen atoms in total. The van der Waals surface area contributed by atoms with Crippen LogP contribution in [0.4, 0.5) is 0 Å². The van der Waals surface area contributed by atoms with Gasteiger partial charge in [-0.05, 0) is 237 Å². The molecule has 12 aromatic rings. The summed E-state index contributed by atoms with van der Waals surface area (Å²) in [6.07, 6.45) is 7.00. The predicted octanol–water partition coefficient (Wildman–Crippen LogP) is 20.8. The van der Waals surface area contributed by atoms with Gasteiger partial charge in [0.1, 0.15) is 46.0 Å². The molecule has 0 atom stereocenters. The SMILES string of the molecule is CCCOc1c2cc(Cc3ccc(OC(=O)c4ccccc4)cc3)cc1Cc1cc(Cc3ccc(OC(=O)c4ccccc4)cc3)cc(c1OCCC)Cc1cc(Cc3ccc(OC(=O)c4ccccc4)cc3)cc(c1OCCC)Cc1cc(Cc3ccc(OC(=O)c4ccccc4)cc3)cc(c1OCCC)C2. The first-order valence-corrected chi connectivity index (χ1v) is 37.5. The summed E-state index contributed by atoms with van der Waals surface area (Å²) in [5.74, 6) is 3.26. The maximum atomic E-state index is 13.3. The lowest BCUT2D eigenvalue weighted by molar-refractivity contribution is 0.0725. The number of carbonyl (C=O) groups excluding carboxylic acids is 4. The van der Waals surface area contributed by atoms with Gasteiger partial charge in [-0.15, -0.1) is 0 Å². The molecule has 0 fully saturated rings. The van der Waals surface area contributed by atoms with Crippen molar-refractivity contribution in [1.29, 1.82) is 0 Å². The van der Waals surface area contributed by atoms with Crippen LogP contribution in [0.25, 0.3) is 0 Å². The average molecular weight is 1430 g/mol. The van der Waals surface area contributed by atoms with Crippen molar-refractivity contribution < 1.29 is 57.1 Å². The minimum atomic E-state index is -0.428. The lowest BCUT2D eigenvalue weighted by Crippen LogP contribution is -2.12. The van der Waals surface area contributed by atoms with Crippen LogP contribution in [0.5, 0.6) is 46.0 Å². The fourth-order valence-electron chi connectivity index (χ4n) is 13.7. The van der Waals surface area contributed by atoms with Gasteiger partial charge in [0.05, 0.1) is 48.7 Å². The molecule has 0 amide bonds. The third-order valence-corrected chi connectivity index (χ3v) is 18.7. The van der Waals surface area contributed by atoms with Crippen LogP contribution in [0.3, 0.4) is 0 Å². The maximum Gasteiger partial charge on any atom is 0.343 e. The van der Waals surface area contributed by atoms with Gasteiger partial charge in [0.2, 0.25) is 0 Å². The van der Waals surface area contributed by atoms with E-state index in [0.717, 1.165) is 138 Å². The molecular weight excluding hydrogens is 1350 g/mol. The number of hydrogen-bond donors (Lipinski definition) is 0. The molecule has 0 aromatic heterocycles. The number of fused-ring (bicyclic) bond motifs is 8. The summed E-state index contributed by atoms with van der Waals surface area (Å²) < 4.78 is 52.2. The van der Waals surface area contributed by atoms with E-state index < -0.39 is 23.9 Å². The van der Waals surface area contributed by atoms with E-state index in [1.807, 2.05) is 170 Å². The largest absolute Gasteiger partial charge is 0.493 e. The zero-order valence-electron chi connectivity index (χ0n) is 61.6. The first-order chi connectivity index (χ1) is 52.9. The first-order valence-electron chi connectivity index (χ1n) is 37.5. The van der Waals surface area contributed by atoms with Crippen molar-refractivity contribution in [2.45, 2.75) is 105 Å². The van der Waals surface area contributed by atoms with Crippen LogP contribution in [0.2, 0.25) is 0 Å². The summed E-state index contributed by atoms with van der Waals surface area (Å²) in [4.78, 5) is 53.1. The Labute approximate surface area is 632 Å². The summed E-state index contributed by atoms with van der Waals surface area (Å²) in [5.41, 5.74) is 18.1. The van der Waals surface area contributed by atoms with Crippen molar-refractivity contribution in [3.8, 4) is 46.0 Å². The van der Waals surface area contributed by atoms with Crippen LogP contribution in [-0.4, -0.2) is 50.3 Å². The van der Waals surface area contributed by atoms with Gasteiger partial charge in [-0.1, -0.05) is 198 Å². The van der Waals surface area contributed by atoms with Crippen molar-refractivity contribution >= 4 is 23.9 Å². The first kappa shape index (κ1) is 74.0. The van der Waals surface area contributed by atoms with E-state index in [9.17, 15) is 19.2 Å². The molecule has 0 N–H and O–H groups in total. The summed E-state index contributed by atoms with van der Waals surface area (Å²) in [6.45, 7) is 10.4. The summed E-state index contributed by atoms with van der Waals surface area (Å²) in [7, 11) is 0. The van der Waals surface area contributed by atoms with Crippen LogP contribution < -0.4 is 37.9 Å². The van der Waals surface area contributed by atoms with Gasteiger partial charge in [0.15, 0.2) is 0 Å². The van der Waals surface area contributed by atoms with Crippen LogP contribution in [0.15, 0.2) is 267 Å². The fourth-order valence-corrected chi connectivity index (χ4v) is 13.7. The fraction of sp³-hybridized carbons (Fsp3) is 0.208. The highest BCUT2D eigenvalue weighted by Gasteiger charge is 2.26. The van der Waals surface area contributed by atoms with E-state index >= 15 is 0 Å². The van der Waals surface area contributed by atoms with E-state index in [2.05, 4.69) is 76.2 Å². The van der Waals surface area contributed by atoms with Gasteiger partial charge >= 0.3 is 23.9 Å². The molecule has 8 bridgehead atoms. The molecule has 12 aromatic carbocycles. The molecule has 13 rings (SSSR count). The maximum absolute atomic E-state index is 13.3. The van der Waals surface area contributed by atoms with E-state index in [0.29, 0.717) is 123 Å². The summed E-state index contributed by atoms with van der Waals surface area (Å²) in [5, 5.41) is 0. The Morgan fingerprint density at radius 1 is 0.231 bits per heavy atom. The number of esters is 4. The Morgan fingerprint density at radius 3 is 0.574 bits per heavy atom. The lowest BCUT2D eigenvalue weighted by Gasteiger charge is -2.25. The Bertz CT molecular complexity index is 4320. The average Bonchev–Trinajstić information content (AvgIpc) is 0.770. The minimum Gasteiger partial charge on any atom is -0.493 e. The Balaban J connectivity index is 0.980. The molecule has 12 heteroatoms. The highest BCUT2D eigenvalue weighted by Crippen LogP contribution is 2.43. The third kappa shape index (κ3) is 19.4. The standard InChI is InChI=1S/C96H88O12/c1-5-45-101-89-77-53-69(49-65-29-37-85(38-30-65)105-93(97)73-21-13-9-14-22-73)54-78(89)62-80-56-71(51-67-33-41-87(42-34-67)107-95(99)75-25-17-11-18-26-75)58-82(91(80)103-47-7-3)64-84-60-72(52-68-35-43-88(44-36-68)108-96(100)76-27-19-12-20-28-76)59-83(92(84)104-48-8-4)63-81-57-70(55-79(61-77)90(81)102-46-6-2)50-66-31-39-86(40-32-66)106-94(98)74-23-15-10-16-24-74/h9-44,53-60H,5-8,45-52,61-64H2,1-4H3. The molecule has 0 aliphatic heterocycles. The number of carbonyl (C=O) groups is 4. The number of benzene rings is 12. The molecule has 0 spiro atoms. The van der Waals surface area contributed by atoms with E-state index in [1.165, 1.54) is 0 Å². The summed E-state index contributed by atoms with van der Waals surface area (Å²) in [6, 6.07) is 85.3. The highest BCUT2D eigenvalue weighted by molar-refractivity contribution is 5.93. The molecule has 0 saturated carbocycles. The van der Waals surface area contributed by atoms with Gasteiger partial charge in [-0.2, -0.15) is 0 Å². The van der Waals surface area contributed by atoms with Gasteiger partial charge in [0.25, 0.3) is 0 Å². The number of ether oxygens (including phenoxy) is 8. The third-order valence-electron chi connectivity index (χ3n) is 18.7. The number of rotatable bonds is 28. The molecule has 0 radical (unpaired) electrons. The van der Waals surface area contributed by atoms with Crippen molar-refractivity contribution in [3.05, 3.63) is 378 Å². The van der Waals surface area contributed by atoms with E-state index in [4.69, 9.17) is 37.9 Å². The van der Waals surface area contributed by atoms with E-state index in [-0.39, 0.29) is 0 Å². The Hall–Kier alpha value is -12.3. The molecule has 544 valence electrons. The highest BCUT2D eigenvalue weighted by atomic mass is 16.5. The molecule has 1 aliphatic rings.